The number of unbranched alkanes of at least 4 members (excludes halogenated alkanes) is 18. The molecule has 0 rings (SSSR count). The SMILES string of the molecule is CCCCCCCCCCCCCCCCCCCCCC(CCO)S(=O)(=O)[O-].[K+]. The van der Waals surface area contributed by atoms with E-state index in [1.54, 1.807) is 0 Å². The molecule has 0 saturated heterocycles. The molecule has 6 heteroatoms. The summed E-state index contributed by atoms with van der Waals surface area (Å²) in [6.45, 7) is 2.04. The summed E-state index contributed by atoms with van der Waals surface area (Å²) in [5, 5.41) is 7.95. The summed E-state index contributed by atoms with van der Waals surface area (Å²) in [4.78, 5) is 0. The van der Waals surface area contributed by atoms with E-state index in [1.807, 2.05) is 0 Å². The average Bonchev–Trinajstić information content (AvgIpc) is 2.68. The van der Waals surface area contributed by atoms with Crippen LogP contribution in [-0.2, 0) is 10.1 Å². The van der Waals surface area contributed by atoms with Gasteiger partial charge < -0.3 is 9.66 Å². The van der Waals surface area contributed by atoms with Crippen molar-refractivity contribution in [3.63, 3.8) is 0 Å². The van der Waals surface area contributed by atoms with Gasteiger partial charge in [-0.3, -0.25) is 0 Å². The fourth-order valence-corrected chi connectivity index (χ4v) is 4.88. The van der Waals surface area contributed by atoms with Crippen molar-refractivity contribution in [2.75, 3.05) is 6.61 Å². The molecule has 0 fully saturated rings. The molecule has 0 spiro atoms. The van der Waals surface area contributed by atoms with Crippen LogP contribution in [0.1, 0.15) is 142 Å². The Labute approximate surface area is 230 Å². The van der Waals surface area contributed by atoms with E-state index in [9.17, 15) is 13.0 Å². The molecule has 1 unspecified atom stereocenters. The topological polar surface area (TPSA) is 77.4 Å². The Bertz CT molecular complexity index is 429. The Hall–Kier alpha value is 1.51. The van der Waals surface area contributed by atoms with Crippen molar-refractivity contribution >= 4 is 10.1 Å². The zero-order valence-corrected chi connectivity index (χ0v) is 24.2. The van der Waals surface area contributed by atoms with Gasteiger partial charge in [0.2, 0.25) is 0 Å². The summed E-state index contributed by atoms with van der Waals surface area (Å²) in [5.74, 6) is 0. The molecule has 176 valence electrons. The summed E-state index contributed by atoms with van der Waals surface area (Å²) < 4.78 is 33.2. The van der Waals surface area contributed by atoms with Gasteiger partial charge in [0.25, 0.3) is 0 Å². The van der Waals surface area contributed by atoms with Gasteiger partial charge in [-0.05, 0) is 12.8 Å². The number of hydrogen-bond acceptors (Lipinski definition) is 4. The van der Waals surface area contributed by atoms with Gasteiger partial charge in [0.05, 0.1) is 15.4 Å². The van der Waals surface area contributed by atoms with E-state index in [1.165, 1.54) is 103 Å². The third-order valence-electron chi connectivity index (χ3n) is 5.99. The molecule has 0 amide bonds. The van der Waals surface area contributed by atoms with Crippen LogP contribution in [0.2, 0.25) is 0 Å². The molecule has 0 aliphatic heterocycles. The van der Waals surface area contributed by atoms with E-state index < -0.39 is 15.4 Å². The van der Waals surface area contributed by atoms with Gasteiger partial charge in [0, 0.05) is 6.61 Å². The quantitative estimate of drug-likeness (QED) is 0.138. The molecular weight excluding hydrogens is 423 g/mol. The standard InChI is InChI=1S/C24H50O4S.K/c1-2-3-4-5-6-7-8-9-10-11-12-13-14-15-16-17-18-19-20-21-24(22-23-25)29(26,27)28;/h24-25H,2-23H2,1H3,(H,26,27,28);/q;+1/p-1. The van der Waals surface area contributed by atoms with E-state index in [4.69, 9.17) is 5.11 Å². The van der Waals surface area contributed by atoms with Crippen molar-refractivity contribution < 1.29 is 69.5 Å². The van der Waals surface area contributed by atoms with E-state index in [0.29, 0.717) is 6.42 Å². The molecule has 30 heavy (non-hydrogen) atoms. The van der Waals surface area contributed by atoms with Crippen molar-refractivity contribution in [3.05, 3.63) is 0 Å². The van der Waals surface area contributed by atoms with Crippen LogP contribution in [0.25, 0.3) is 0 Å². The maximum Gasteiger partial charge on any atom is 1.00 e. The minimum Gasteiger partial charge on any atom is -0.748 e. The van der Waals surface area contributed by atoms with E-state index in [-0.39, 0.29) is 64.4 Å². The Morgan fingerprint density at radius 1 is 0.600 bits per heavy atom. The number of aliphatic hydroxyl groups is 1. The Balaban J connectivity index is 0. The zero-order chi connectivity index (χ0) is 21.6. The summed E-state index contributed by atoms with van der Waals surface area (Å²) in [7, 11) is -4.26. The van der Waals surface area contributed by atoms with Crippen molar-refractivity contribution in [1.29, 1.82) is 0 Å². The van der Waals surface area contributed by atoms with Crippen LogP contribution < -0.4 is 51.4 Å². The van der Waals surface area contributed by atoms with Gasteiger partial charge in [0.15, 0.2) is 0 Å². The molecule has 0 radical (unpaired) electrons. The first kappa shape index (κ1) is 33.7. The van der Waals surface area contributed by atoms with Gasteiger partial charge in [-0.25, -0.2) is 8.42 Å². The third-order valence-corrected chi connectivity index (χ3v) is 7.28. The van der Waals surface area contributed by atoms with Crippen molar-refractivity contribution in [2.45, 2.75) is 147 Å². The van der Waals surface area contributed by atoms with Crippen LogP contribution >= 0.6 is 0 Å². The van der Waals surface area contributed by atoms with Crippen LogP contribution in [0.15, 0.2) is 0 Å². The smallest absolute Gasteiger partial charge is 0.748 e. The molecule has 0 bridgehead atoms. The second kappa shape index (κ2) is 25.1. The fraction of sp³-hybridized carbons (Fsp3) is 1.00. The summed E-state index contributed by atoms with van der Waals surface area (Å²) in [5.41, 5.74) is 0. The summed E-state index contributed by atoms with van der Waals surface area (Å²) in [6.07, 6.45) is 25.3. The van der Waals surface area contributed by atoms with Crippen LogP contribution in [0.3, 0.4) is 0 Å². The van der Waals surface area contributed by atoms with Gasteiger partial charge in [-0.2, -0.15) is 0 Å². The monoisotopic (exact) mass is 472 g/mol. The predicted octanol–water partition coefficient (Wildman–Crippen LogP) is 4.11. The second-order valence-corrected chi connectivity index (χ2v) is 10.4. The Morgan fingerprint density at radius 2 is 0.900 bits per heavy atom. The first-order chi connectivity index (χ1) is 14.0. The van der Waals surface area contributed by atoms with Gasteiger partial charge >= 0.3 is 51.4 Å². The molecule has 0 aromatic heterocycles. The summed E-state index contributed by atoms with van der Waals surface area (Å²) in [6, 6.07) is 0. The minimum atomic E-state index is -4.26. The molecule has 1 N–H and O–H groups in total. The van der Waals surface area contributed by atoms with Crippen molar-refractivity contribution in [3.8, 4) is 0 Å². The largest absolute Gasteiger partial charge is 1.00 e. The first-order valence-corrected chi connectivity index (χ1v) is 14.0. The third kappa shape index (κ3) is 24.2. The molecule has 0 saturated carbocycles. The maximum atomic E-state index is 11.1. The van der Waals surface area contributed by atoms with E-state index >= 15 is 0 Å². The number of hydrogen-bond donors (Lipinski definition) is 1. The van der Waals surface area contributed by atoms with Gasteiger partial charge in [0.1, 0.15) is 0 Å². The molecular formula is C24H49KO4S. The molecule has 1 atom stereocenters. The van der Waals surface area contributed by atoms with Gasteiger partial charge in [-0.1, -0.05) is 129 Å². The Morgan fingerprint density at radius 3 is 1.17 bits per heavy atom. The van der Waals surface area contributed by atoms with Gasteiger partial charge in [-0.15, -0.1) is 0 Å². The average molecular weight is 473 g/mol. The van der Waals surface area contributed by atoms with E-state index in [0.717, 1.165) is 19.3 Å². The van der Waals surface area contributed by atoms with Crippen LogP contribution in [0, 0.1) is 0 Å². The summed E-state index contributed by atoms with van der Waals surface area (Å²) >= 11 is 0. The maximum absolute atomic E-state index is 11.1. The molecule has 0 aromatic carbocycles. The number of aliphatic hydroxyl groups excluding tert-OH is 1. The molecule has 0 aliphatic carbocycles. The van der Waals surface area contributed by atoms with Crippen molar-refractivity contribution in [1.82, 2.24) is 0 Å². The van der Waals surface area contributed by atoms with Crippen LogP contribution in [0.4, 0.5) is 0 Å². The molecule has 4 nitrogen and oxygen atoms in total. The second-order valence-electron chi connectivity index (χ2n) is 8.78. The predicted molar refractivity (Wildman–Crippen MR) is 123 cm³/mol. The molecule has 0 aliphatic rings. The van der Waals surface area contributed by atoms with E-state index in [2.05, 4.69) is 6.92 Å². The zero-order valence-electron chi connectivity index (χ0n) is 20.2. The normalized spacial score (nSPS) is 12.6. The van der Waals surface area contributed by atoms with Crippen molar-refractivity contribution in [2.24, 2.45) is 0 Å². The first-order valence-electron chi connectivity index (χ1n) is 12.6. The molecule has 0 heterocycles. The Kier molecular flexibility index (Phi) is 28.2. The van der Waals surface area contributed by atoms with Crippen LogP contribution in [0.5, 0.6) is 0 Å². The number of rotatable bonds is 23. The molecule has 0 aromatic rings. The minimum absolute atomic E-state index is 0. The fourth-order valence-electron chi connectivity index (χ4n) is 4.03. The van der Waals surface area contributed by atoms with Crippen LogP contribution in [-0.4, -0.2) is 29.9 Å².